The van der Waals surface area contributed by atoms with Gasteiger partial charge in [-0.2, -0.15) is 5.26 Å². The van der Waals surface area contributed by atoms with E-state index in [2.05, 4.69) is 0 Å². The van der Waals surface area contributed by atoms with Crippen LogP contribution in [0.3, 0.4) is 0 Å². The molecule has 3 aromatic carbocycles. The van der Waals surface area contributed by atoms with E-state index in [1.807, 2.05) is 30.3 Å². The molecule has 4 rings (SSSR count). The van der Waals surface area contributed by atoms with Crippen LogP contribution in [0.15, 0.2) is 89.8 Å². The summed E-state index contributed by atoms with van der Waals surface area (Å²) in [4.78, 5) is 0.125. The first kappa shape index (κ1) is 19.7. The molecule has 0 saturated carbocycles. The van der Waals surface area contributed by atoms with Gasteiger partial charge in [0, 0.05) is 17.0 Å². The van der Waals surface area contributed by atoms with E-state index in [-0.39, 0.29) is 4.90 Å². The molecule has 0 spiro atoms. The third kappa shape index (κ3) is 3.56. The molecule has 1 heterocycles. The topological polar surface area (TPSA) is 76.4 Å². The fourth-order valence-corrected chi connectivity index (χ4v) is 5.09. The summed E-state index contributed by atoms with van der Waals surface area (Å²) in [6.45, 7) is 0. The molecule has 150 valence electrons. The Bertz CT molecular complexity index is 1230. The van der Waals surface area contributed by atoms with Crippen molar-refractivity contribution in [1.82, 2.24) is 0 Å². The second-order valence-electron chi connectivity index (χ2n) is 6.83. The minimum atomic E-state index is -3.89. The Hall–Kier alpha value is -3.56. The van der Waals surface area contributed by atoms with E-state index in [9.17, 15) is 13.7 Å². The number of para-hydroxylation sites is 1. The van der Waals surface area contributed by atoms with Crippen molar-refractivity contribution in [2.45, 2.75) is 16.1 Å². The van der Waals surface area contributed by atoms with Crippen LogP contribution in [-0.4, -0.2) is 20.8 Å². The third-order valence-electron chi connectivity index (χ3n) is 5.06. The first-order chi connectivity index (χ1) is 14.5. The summed E-state index contributed by atoms with van der Waals surface area (Å²) in [5.74, 6) is 1.07. The molecule has 30 heavy (non-hydrogen) atoms. The maximum Gasteiger partial charge on any atom is 0.195 e. The quantitative estimate of drug-likeness (QED) is 0.607. The maximum atomic E-state index is 13.3. The van der Waals surface area contributed by atoms with Gasteiger partial charge in [0.2, 0.25) is 0 Å². The van der Waals surface area contributed by atoms with Crippen molar-refractivity contribution in [2.24, 2.45) is 0 Å². The number of methoxy groups -OCH3 is 1. The van der Waals surface area contributed by atoms with Crippen LogP contribution in [0.2, 0.25) is 0 Å². The molecule has 0 bridgehead atoms. The van der Waals surface area contributed by atoms with Gasteiger partial charge >= 0.3 is 0 Å². The first-order valence-corrected chi connectivity index (χ1v) is 10.9. The molecule has 0 aromatic heterocycles. The van der Waals surface area contributed by atoms with Crippen LogP contribution >= 0.6 is 0 Å². The molecule has 2 atom stereocenters. The lowest BCUT2D eigenvalue weighted by molar-refractivity contribution is 0.414. The molecule has 1 aliphatic rings. The fraction of sp³-hybridized carbons (Fsp3) is 0.125. The monoisotopic (exact) mass is 417 g/mol. The zero-order chi connectivity index (χ0) is 21.1. The van der Waals surface area contributed by atoms with E-state index >= 15 is 0 Å². The summed E-state index contributed by atoms with van der Waals surface area (Å²) in [5, 5.41) is 8.62. The van der Waals surface area contributed by atoms with E-state index in [0.717, 1.165) is 5.56 Å². The summed E-state index contributed by atoms with van der Waals surface area (Å²) in [6, 6.07) is 24.6. The number of fused-ring (bicyclic) bond motifs is 1. The SMILES string of the molecule is COc1ccc(C2=CC(C(C#N)S(=O)(=O)c3ccccc3)c3ccccc3O2)cc1. The van der Waals surface area contributed by atoms with Gasteiger partial charge in [0.05, 0.1) is 18.1 Å². The van der Waals surface area contributed by atoms with E-state index in [1.54, 1.807) is 55.7 Å². The lowest BCUT2D eigenvalue weighted by Crippen LogP contribution is -2.28. The molecule has 3 aromatic rings. The Morgan fingerprint density at radius 1 is 0.967 bits per heavy atom. The number of hydrogen-bond donors (Lipinski definition) is 0. The molecule has 0 N–H and O–H groups in total. The normalized spacial score (nSPS) is 16.4. The van der Waals surface area contributed by atoms with Gasteiger partial charge in [0.25, 0.3) is 0 Å². The molecule has 0 amide bonds. The highest BCUT2D eigenvalue weighted by Crippen LogP contribution is 2.41. The second-order valence-corrected chi connectivity index (χ2v) is 8.90. The molecule has 2 unspecified atom stereocenters. The smallest absolute Gasteiger partial charge is 0.195 e. The highest BCUT2D eigenvalue weighted by molar-refractivity contribution is 7.92. The predicted octanol–water partition coefficient (Wildman–Crippen LogP) is 4.58. The predicted molar refractivity (Wildman–Crippen MR) is 114 cm³/mol. The molecule has 0 fully saturated rings. The van der Waals surface area contributed by atoms with Gasteiger partial charge in [-0.05, 0) is 48.5 Å². The van der Waals surface area contributed by atoms with Crippen LogP contribution in [-0.2, 0) is 9.84 Å². The number of rotatable bonds is 5. The summed E-state index contributed by atoms with van der Waals surface area (Å²) in [5.41, 5.74) is 1.44. The minimum absolute atomic E-state index is 0.125. The van der Waals surface area contributed by atoms with Crippen molar-refractivity contribution in [1.29, 1.82) is 5.26 Å². The van der Waals surface area contributed by atoms with Crippen molar-refractivity contribution in [3.8, 4) is 17.6 Å². The number of ether oxygens (including phenoxy) is 2. The van der Waals surface area contributed by atoms with Gasteiger partial charge in [-0.3, -0.25) is 0 Å². The summed E-state index contributed by atoms with van der Waals surface area (Å²) in [7, 11) is -2.30. The fourth-order valence-electron chi connectivity index (χ4n) is 3.51. The number of allylic oxidation sites excluding steroid dienone is 1. The average Bonchev–Trinajstić information content (AvgIpc) is 2.80. The van der Waals surface area contributed by atoms with Gasteiger partial charge in [-0.1, -0.05) is 36.4 Å². The van der Waals surface area contributed by atoms with E-state index < -0.39 is 21.0 Å². The third-order valence-corrected chi connectivity index (χ3v) is 7.06. The van der Waals surface area contributed by atoms with Crippen LogP contribution in [0.5, 0.6) is 11.5 Å². The van der Waals surface area contributed by atoms with Gasteiger partial charge in [0.1, 0.15) is 17.3 Å². The Morgan fingerprint density at radius 3 is 2.30 bits per heavy atom. The minimum Gasteiger partial charge on any atom is -0.497 e. The van der Waals surface area contributed by atoms with Gasteiger partial charge in [-0.25, -0.2) is 8.42 Å². The summed E-state index contributed by atoms with van der Waals surface area (Å²) >= 11 is 0. The maximum absolute atomic E-state index is 13.3. The summed E-state index contributed by atoms with van der Waals surface area (Å²) in [6.07, 6.45) is 1.72. The van der Waals surface area contributed by atoms with Gasteiger partial charge in [-0.15, -0.1) is 0 Å². The highest BCUT2D eigenvalue weighted by atomic mass is 32.2. The van der Waals surface area contributed by atoms with E-state index in [1.165, 1.54) is 12.1 Å². The van der Waals surface area contributed by atoms with Crippen LogP contribution in [0.25, 0.3) is 5.76 Å². The molecule has 5 nitrogen and oxygen atoms in total. The molecular formula is C24H19NO4S. The Labute approximate surface area is 175 Å². The largest absolute Gasteiger partial charge is 0.497 e. The van der Waals surface area contributed by atoms with Crippen molar-refractivity contribution >= 4 is 15.6 Å². The Morgan fingerprint density at radius 2 is 1.63 bits per heavy atom. The van der Waals surface area contributed by atoms with Gasteiger partial charge < -0.3 is 9.47 Å². The van der Waals surface area contributed by atoms with E-state index in [4.69, 9.17) is 9.47 Å². The number of nitrogens with zero attached hydrogens (tertiary/aromatic N) is 1. The van der Waals surface area contributed by atoms with Crippen molar-refractivity contribution in [3.05, 3.63) is 96.1 Å². The zero-order valence-electron chi connectivity index (χ0n) is 16.2. The summed E-state index contributed by atoms with van der Waals surface area (Å²) < 4.78 is 37.8. The van der Waals surface area contributed by atoms with Crippen LogP contribution in [0, 0.1) is 11.3 Å². The van der Waals surface area contributed by atoms with E-state index in [0.29, 0.717) is 22.8 Å². The molecule has 0 saturated heterocycles. The van der Waals surface area contributed by atoms with Crippen molar-refractivity contribution in [2.75, 3.05) is 7.11 Å². The van der Waals surface area contributed by atoms with Gasteiger partial charge in [0.15, 0.2) is 15.1 Å². The number of hydrogen-bond acceptors (Lipinski definition) is 5. The highest BCUT2D eigenvalue weighted by Gasteiger charge is 2.38. The van der Waals surface area contributed by atoms with Crippen LogP contribution in [0.4, 0.5) is 0 Å². The van der Waals surface area contributed by atoms with Crippen molar-refractivity contribution in [3.63, 3.8) is 0 Å². The zero-order valence-corrected chi connectivity index (χ0v) is 17.0. The molecule has 1 aliphatic heterocycles. The average molecular weight is 417 g/mol. The standard InChI is InChI=1S/C24H19NO4S/c1-28-18-13-11-17(12-14-18)23-15-21(20-9-5-6-10-22(20)29-23)24(16-25)30(26,27)19-7-3-2-4-8-19/h2-15,21,24H,1H3. The number of nitriles is 1. The van der Waals surface area contributed by atoms with Crippen molar-refractivity contribution < 1.29 is 17.9 Å². The molecule has 0 aliphatic carbocycles. The Kier molecular flexibility index (Phi) is 5.30. The second kappa shape index (κ2) is 8.05. The lowest BCUT2D eigenvalue weighted by Gasteiger charge is -2.27. The molecule has 0 radical (unpaired) electrons. The van der Waals surface area contributed by atoms with Crippen LogP contribution < -0.4 is 9.47 Å². The van der Waals surface area contributed by atoms with Crippen LogP contribution in [0.1, 0.15) is 17.0 Å². The number of sulfone groups is 1. The number of benzene rings is 3. The molecular weight excluding hydrogens is 398 g/mol. The molecule has 6 heteroatoms. The first-order valence-electron chi connectivity index (χ1n) is 9.36. The lowest BCUT2D eigenvalue weighted by atomic mass is 9.91. The Balaban J connectivity index is 1.83.